The van der Waals surface area contributed by atoms with Crippen LogP contribution in [0.4, 0.5) is 8.78 Å². The fraction of sp³-hybridized carbons (Fsp3) is 0.765. The summed E-state index contributed by atoms with van der Waals surface area (Å²) < 4.78 is 31.6. The highest BCUT2D eigenvalue weighted by molar-refractivity contribution is 7.12. The summed E-state index contributed by atoms with van der Waals surface area (Å²) in [6.07, 6.45) is -0.869. The first-order valence-corrected chi connectivity index (χ1v) is 9.32. The lowest BCUT2D eigenvalue weighted by Crippen LogP contribution is -2.52. The van der Waals surface area contributed by atoms with Gasteiger partial charge in [0.1, 0.15) is 5.60 Å². The van der Waals surface area contributed by atoms with Crippen molar-refractivity contribution in [3.05, 3.63) is 21.4 Å². The number of aliphatic hydroxyl groups is 2. The summed E-state index contributed by atoms with van der Waals surface area (Å²) in [5.41, 5.74) is 0.788. The Kier molecular flexibility index (Phi) is 5.56. The number of piperidine rings is 1. The average Bonchev–Trinajstić information content (AvgIpc) is 2.93. The Balaban J connectivity index is 1.77. The second kappa shape index (κ2) is 7.33. The molecular formula is C17H25F2NO3S. The Morgan fingerprint density at radius 3 is 2.96 bits per heavy atom. The molecule has 0 radical (unpaired) electrons. The molecule has 1 saturated heterocycles. The summed E-state index contributed by atoms with van der Waals surface area (Å²) in [5, 5.41) is 18.7. The van der Waals surface area contributed by atoms with E-state index in [1.807, 2.05) is 6.07 Å². The van der Waals surface area contributed by atoms with Gasteiger partial charge < -0.3 is 14.9 Å². The van der Waals surface area contributed by atoms with Crippen molar-refractivity contribution in [2.24, 2.45) is 0 Å². The van der Waals surface area contributed by atoms with Gasteiger partial charge in [-0.05, 0) is 37.8 Å². The summed E-state index contributed by atoms with van der Waals surface area (Å²) in [6.45, 7) is 3.69. The molecular weight excluding hydrogens is 336 g/mol. The molecule has 1 aromatic rings. The maximum atomic E-state index is 12.7. The molecule has 1 spiro atoms. The molecule has 0 amide bonds. The second-order valence-electron chi connectivity index (χ2n) is 6.89. The summed E-state index contributed by atoms with van der Waals surface area (Å²) in [5.74, 6) is 0. The van der Waals surface area contributed by atoms with Crippen LogP contribution in [0, 0.1) is 0 Å². The van der Waals surface area contributed by atoms with Gasteiger partial charge in [0, 0.05) is 35.3 Å². The lowest BCUT2D eigenvalue weighted by Gasteiger charge is -2.47. The summed E-state index contributed by atoms with van der Waals surface area (Å²) >= 11 is 1.48. The van der Waals surface area contributed by atoms with E-state index in [-0.39, 0.29) is 24.7 Å². The van der Waals surface area contributed by atoms with Crippen molar-refractivity contribution >= 4 is 11.3 Å². The Labute approximate surface area is 145 Å². The van der Waals surface area contributed by atoms with E-state index in [1.54, 1.807) is 0 Å². The van der Waals surface area contributed by atoms with E-state index in [2.05, 4.69) is 11.8 Å². The standard InChI is InChI=1S/C17H25F2NO3S/c1-11-8-17(3-4-20(11)9-13(22)10-21)16-12(2-5-23-17)6-14(24-16)7-15(18)19/h6,11,13,15,21-22H,2-5,7-10H2,1H3/t11-,13+,17+/m0/s1. The number of hydrogen-bond donors (Lipinski definition) is 2. The van der Waals surface area contributed by atoms with Crippen molar-refractivity contribution in [3.8, 4) is 0 Å². The molecule has 3 atom stereocenters. The van der Waals surface area contributed by atoms with Crippen LogP contribution in [-0.2, 0) is 23.2 Å². The molecule has 7 heteroatoms. The number of ether oxygens (including phenoxy) is 1. The third-order valence-electron chi connectivity index (χ3n) is 5.09. The number of β-amino-alcohol motifs (C(OH)–C–C–N with tert-alkyl or cyclic N) is 1. The summed E-state index contributed by atoms with van der Waals surface area (Å²) in [4.78, 5) is 4.03. The van der Waals surface area contributed by atoms with Crippen LogP contribution < -0.4 is 0 Å². The number of rotatable bonds is 5. The smallest absolute Gasteiger partial charge is 0.243 e. The summed E-state index contributed by atoms with van der Waals surface area (Å²) in [7, 11) is 0. The second-order valence-corrected chi connectivity index (χ2v) is 8.03. The maximum Gasteiger partial charge on any atom is 0.243 e. The lowest BCUT2D eigenvalue weighted by molar-refractivity contribution is -0.114. The number of nitrogens with zero attached hydrogens (tertiary/aromatic N) is 1. The van der Waals surface area contributed by atoms with Gasteiger partial charge in [-0.3, -0.25) is 4.90 Å². The lowest BCUT2D eigenvalue weighted by atomic mass is 9.82. The first-order valence-electron chi connectivity index (χ1n) is 8.50. The van der Waals surface area contributed by atoms with E-state index in [0.29, 0.717) is 13.2 Å². The molecule has 4 nitrogen and oxygen atoms in total. The third-order valence-corrected chi connectivity index (χ3v) is 6.47. The molecule has 3 heterocycles. The number of aliphatic hydroxyl groups excluding tert-OH is 2. The predicted molar refractivity (Wildman–Crippen MR) is 88.7 cm³/mol. The van der Waals surface area contributed by atoms with E-state index >= 15 is 0 Å². The molecule has 0 saturated carbocycles. The van der Waals surface area contributed by atoms with Crippen LogP contribution in [0.15, 0.2) is 6.07 Å². The van der Waals surface area contributed by atoms with Crippen molar-refractivity contribution in [3.63, 3.8) is 0 Å². The molecule has 24 heavy (non-hydrogen) atoms. The van der Waals surface area contributed by atoms with Gasteiger partial charge in [0.05, 0.1) is 19.3 Å². The number of fused-ring (bicyclic) bond motifs is 2. The predicted octanol–water partition coefficient (Wildman–Crippen LogP) is 2.16. The average molecular weight is 361 g/mol. The Bertz CT molecular complexity index is 568. The topological polar surface area (TPSA) is 52.9 Å². The minimum Gasteiger partial charge on any atom is -0.394 e. The van der Waals surface area contributed by atoms with Crippen molar-refractivity contribution in [1.29, 1.82) is 0 Å². The van der Waals surface area contributed by atoms with Crippen molar-refractivity contribution in [2.75, 3.05) is 26.3 Å². The maximum absolute atomic E-state index is 12.7. The monoisotopic (exact) mass is 361 g/mol. The molecule has 2 N–H and O–H groups in total. The third kappa shape index (κ3) is 3.65. The van der Waals surface area contributed by atoms with Crippen LogP contribution in [-0.4, -0.2) is 60.0 Å². The van der Waals surface area contributed by atoms with E-state index < -0.39 is 12.5 Å². The van der Waals surface area contributed by atoms with Gasteiger partial charge in [-0.15, -0.1) is 11.3 Å². The van der Waals surface area contributed by atoms with Crippen LogP contribution in [0.3, 0.4) is 0 Å². The van der Waals surface area contributed by atoms with Gasteiger partial charge >= 0.3 is 0 Å². The van der Waals surface area contributed by atoms with Gasteiger partial charge in [0.25, 0.3) is 0 Å². The minimum atomic E-state index is -2.32. The first-order chi connectivity index (χ1) is 11.4. The summed E-state index contributed by atoms with van der Waals surface area (Å²) in [6, 6.07) is 2.13. The number of alkyl halides is 2. The highest BCUT2D eigenvalue weighted by atomic mass is 32.1. The van der Waals surface area contributed by atoms with E-state index in [1.165, 1.54) is 11.3 Å². The van der Waals surface area contributed by atoms with E-state index in [0.717, 1.165) is 41.1 Å². The molecule has 2 aliphatic rings. The zero-order valence-electron chi connectivity index (χ0n) is 13.9. The molecule has 2 aliphatic heterocycles. The Morgan fingerprint density at radius 2 is 2.29 bits per heavy atom. The Morgan fingerprint density at radius 1 is 1.50 bits per heavy atom. The van der Waals surface area contributed by atoms with E-state index in [9.17, 15) is 13.9 Å². The van der Waals surface area contributed by atoms with Crippen molar-refractivity contribution < 1.29 is 23.7 Å². The zero-order chi connectivity index (χ0) is 17.3. The highest BCUT2D eigenvalue weighted by Gasteiger charge is 2.45. The van der Waals surface area contributed by atoms with Gasteiger partial charge in [-0.25, -0.2) is 8.78 Å². The van der Waals surface area contributed by atoms with Crippen LogP contribution >= 0.6 is 11.3 Å². The van der Waals surface area contributed by atoms with Crippen LogP contribution in [0.5, 0.6) is 0 Å². The number of hydrogen-bond acceptors (Lipinski definition) is 5. The number of likely N-dealkylation sites (tertiary alicyclic amines) is 1. The molecule has 0 bridgehead atoms. The quantitative estimate of drug-likeness (QED) is 0.844. The van der Waals surface area contributed by atoms with Crippen LogP contribution in [0.1, 0.15) is 35.1 Å². The molecule has 3 rings (SSSR count). The normalized spacial score (nSPS) is 29.2. The Hall–Kier alpha value is -0.600. The molecule has 136 valence electrons. The molecule has 0 aliphatic carbocycles. The zero-order valence-corrected chi connectivity index (χ0v) is 14.7. The fourth-order valence-corrected chi connectivity index (χ4v) is 5.32. The van der Waals surface area contributed by atoms with Gasteiger partial charge in [-0.2, -0.15) is 0 Å². The molecule has 1 aromatic heterocycles. The number of thiophene rings is 1. The first kappa shape index (κ1) is 18.2. The van der Waals surface area contributed by atoms with Crippen molar-refractivity contribution in [2.45, 2.75) is 56.8 Å². The van der Waals surface area contributed by atoms with Crippen molar-refractivity contribution in [1.82, 2.24) is 4.90 Å². The fourth-order valence-electron chi connectivity index (χ4n) is 3.92. The molecule has 0 aromatic carbocycles. The SMILES string of the molecule is C[C@H]1C[C@@]2(CCN1C[C@@H](O)CO)OCCc1cc(CC(F)F)sc12. The highest BCUT2D eigenvalue weighted by Crippen LogP contribution is 2.47. The largest absolute Gasteiger partial charge is 0.394 e. The van der Waals surface area contributed by atoms with Gasteiger partial charge in [0.2, 0.25) is 6.43 Å². The van der Waals surface area contributed by atoms with E-state index in [4.69, 9.17) is 9.84 Å². The van der Waals surface area contributed by atoms with Gasteiger partial charge in [0.15, 0.2) is 0 Å². The molecule has 0 unspecified atom stereocenters. The number of halogens is 2. The molecule has 1 fully saturated rings. The van der Waals surface area contributed by atoms with Crippen LogP contribution in [0.25, 0.3) is 0 Å². The van der Waals surface area contributed by atoms with Gasteiger partial charge in [-0.1, -0.05) is 0 Å². The minimum absolute atomic E-state index is 0.182. The van der Waals surface area contributed by atoms with Crippen LogP contribution in [0.2, 0.25) is 0 Å².